The Morgan fingerprint density at radius 2 is 2.07 bits per heavy atom. The van der Waals surface area contributed by atoms with E-state index < -0.39 is 0 Å². The molecule has 3 rings (SSSR count). The fraction of sp³-hybridized carbons (Fsp3) is 0.238. The van der Waals surface area contributed by atoms with Gasteiger partial charge >= 0.3 is 0 Å². The van der Waals surface area contributed by atoms with Crippen LogP contribution in [0, 0.1) is 12.7 Å². The van der Waals surface area contributed by atoms with E-state index in [1.807, 2.05) is 42.0 Å². The van der Waals surface area contributed by atoms with Crippen LogP contribution in [0.5, 0.6) is 0 Å². The molecule has 1 aromatic heterocycles. The smallest absolute Gasteiger partial charge is 0.191 e. The SMILES string of the molecule is CN=C(NCc1ccccc1-n1ccnc1)NC(C)c1ccc(C)c(F)c1. The van der Waals surface area contributed by atoms with Gasteiger partial charge in [0, 0.05) is 26.0 Å². The van der Waals surface area contributed by atoms with E-state index in [4.69, 9.17) is 0 Å². The quantitative estimate of drug-likeness (QED) is 0.535. The fourth-order valence-corrected chi connectivity index (χ4v) is 2.85. The zero-order chi connectivity index (χ0) is 19.2. The summed E-state index contributed by atoms with van der Waals surface area (Å²) in [4.78, 5) is 8.40. The second-order valence-corrected chi connectivity index (χ2v) is 6.40. The van der Waals surface area contributed by atoms with E-state index in [1.165, 1.54) is 0 Å². The number of aromatic nitrogens is 2. The van der Waals surface area contributed by atoms with Crippen molar-refractivity contribution >= 4 is 5.96 Å². The molecule has 1 unspecified atom stereocenters. The maximum Gasteiger partial charge on any atom is 0.191 e. The van der Waals surface area contributed by atoms with Crippen molar-refractivity contribution in [2.45, 2.75) is 26.4 Å². The summed E-state index contributed by atoms with van der Waals surface area (Å²) in [5.41, 5.74) is 3.70. The molecule has 27 heavy (non-hydrogen) atoms. The third kappa shape index (κ3) is 4.53. The summed E-state index contributed by atoms with van der Waals surface area (Å²) in [6.45, 7) is 4.34. The standard InChI is InChI=1S/C21H24FN5/c1-15-8-9-17(12-19(15)22)16(2)26-21(23-3)25-13-18-6-4-5-7-20(18)27-11-10-24-14-27/h4-12,14,16H,13H2,1-3H3,(H2,23,25,26). The number of para-hydroxylation sites is 1. The van der Waals surface area contributed by atoms with E-state index in [1.54, 1.807) is 38.6 Å². The molecule has 0 aliphatic carbocycles. The van der Waals surface area contributed by atoms with E-state index in [-0.39, 0.29) is 11.9 Å². The Bertz CT molecular complexity index is 918. The molecule has 0 spiro atoms. The third-order valence-electron chi connectivity index (χ3n) is 4.49. The molecule has 0 bridgehead atoms. The van der Waals surface area contributed by atoms with Crippen LogP contribution in [0.4, 0.5) is 4.39 Å². The van der Waals surface area contributed by atoms with Crippen molar-refractivity contribution in [3.8, 4) is 5.69 Å². The molecular formula is C21H24FN5. The topological polar surface area (TPSA) is 54.2 Å². The lowest BCUT2D eigenvalue weighted by molar-refractivity contribution is 0.607. The summed E-state index contributed by atoms with van der Waals surface area (Å²) in [6, 6.07) is 13.3. The fourth-order valence-electron chi connectivity index (χ4n) is 2.85. The van der Waals surface area contributed by atoms with Crippen molar-refractivity contribution in [3.05, 3.63) is 83.7 Å². The first kappa shape index (κ1) is 18.6. The van der Waals surface area contributed by atoms with E-state index in [0.29, 0.717) is 18.1 Å². The molecule has 1 heterocycles. The Labute approximate surface area is 159 Å². The maximum absolute atomic E-state index is 13.8. The molecular weight excluding hydrogens is 341 g/mol. The number of aliphatic imine (C=N–C) groups is 1. The summed E-state index contributed by atoms with van der Waals surface area (Å²) in [6.07, 6.45) is 5.45. The van der Waals surface area contributed by atoms with E-state index in [2.05, 4.69) is 26.7 Å². The van der Waals surface area contributed by atoms with Gasteiger partial charge in [-0.2, -0.15) is 0 Å². The van der Waals surface area contributed by atoms with Crippen molar-refractivity contribution in [2.24, 2.45) is 4.99 Å². The van der Waals surface area contributed by atoms with Gasteiger partial charge in [0.2, 0.25) is 0 Å². The average molecular weight is 365 g/mol. The Morgan fingerprint density at radius 1 is 1.26 bits per heavy atom. The number of hydrogen-bond donors (Lipinski definition) is 2. The molecule has 5 nitrogen and oxygen atoms in total. The number of hydrogen-bond acceptors (Lipinski definition) is 2. The van der Waals surface area contributed by atoms with Crippen molar-refractivity contribution in [2.75, 3.05) is 7.05 Å². The summed E-state index contributed by atoms with van der Waals surface area (Å²) >= 11 is 0. The summed E-state index contributed by atoms with van der Waals surface area (Å²) < 4.78 is 15.8. The van der Waals surface area contributed by atoms with Gasteiger partial charge in [0.1, 0.15) is 5.82 Å². The van der Waals surface area contributed by atoms with Crippen molar-refractivity contribution < 1.29 is 4.39 Å². The molecule has 1 atom stereocenters. The number of halogens is 1. The first-order valence-corrected chi connectivity index (χ1v) is 8.88. The van der Waals surface area contributed by atoms with Crippen LogP contribution in [0.3, 0.4) is 0 Å². The summed E-state index contributed by atoms with van der Waals surface area (Å²) in [7, 11) is 1.72. The Balaban J connectivity index is 1.67. The predicted molar refractivity (Wildman–Crippen MR) is 106 cm³/mol. The number of imidazole rings is 1. The van der Waals surface area contributed by atoms with Gasteiger partial charge in [0.15, 0.2) is 5.96 Å². The van der Waals surface area contributed by atoms with Gasteiger partial charge in [-0.05, 0) is 42.7 Å². The van der Waals surface area contributed by atoms with Crippen LogP contribution in [0.2, 0.25) is 0 Å². The Morgan fingerprint density at radius 3 is 2.78 bits per heavy atom. The number of nitrogens with one attached hydrogen (secondary N) is 2. The second-order valence-electron chi connectivity index (χ2n) is 6.40. The largest absolute Gasteiger partial charge is 0.352 e. The number of aryl methyl sites for hydroxylation is 1. The van der Waals surface area contributed by atoms with Crippen molar-refractivity contribution in [3.63, 3.8) is 0 Å². The first-order valence-electron chi connectivity index (χ1n) is 8.88. The molecule has 0 fully saturated rings. The Kier molecular flexibility index (Phi) is 5.86. The van der Waals surface area contributed by atoms with Crippen LogP contribution in [-0.2, 0) is 6.54 Å². The minimum Gasteiger partial charge on any atom is -0.352 e. The van der Waals surface area contributed by atoms with Gasteiger partial charge in [-0.25, -0.2) is 9.37 Å². The minimum atomic E-state index is -0.196. The van der Waals surface area contributed by atoms with E-state index >= 15 is 0 Å². The van der Waals surface area contributed by atoms with Crippen LogP contribution >= 0.6 is 0 Å². The van der Waals surface area contributed by atoms with Crippen LogP contribution < -0.4 is 10.6 Å². The number of guanidine groups is 1. The van der Waals surface area contributed by atoms with Crippen LogP contribution in [0.15, 0.2) is 66.2 Å². The van der Waals surface area contributed by atoms with Gasteiger partial charge in [-0.15, -0.1) is 0 Å². The maximum atomic E-state index is 13.8. The monoisotopic (exact) mass is 365 g/mol. The molecule has 0 aliphatic heterocycles. The van der Waals surface area contributed by atoms with Gasteiger partial charge < -0.3 is 15.2 Å². The minimum absolute atomic E-state index is 0.0739. The number of nitrogens with zero attached hydrogens (tertiary/aromatic N) is 3. The number of benzene rings is 2. The van der Waals surface area contributed by atoms with Crippen LogP contribution in [0.1, 0.15) is 29.7 Å². The molecule has 2 N–H and O–H groups in total. The summed E-state index contributed by atoms with van der Waals surface area (Å²) in [5, 5.41) is 6.63. The molecule has 0 aliphatic rings. The third-order valence-corrected chi connectivity index (χ3v) is 4.49. The highest BCUT2D eigenvalue weighted by molar-refractivity contribution is 5.80. The second kappa shape index (κ2) is 8.49. The van der Waals surface area contributed by atoms with Crippen molar-refractivity contribution in [1.82, 2.24) is 20.2 Å². The highest BCUT2D eigenvalue weighted by atomic mass is 19.1. The lowest BCUT2D eigenvalue weighted by Crippen LogP contribution is -2.38. The highest BCUT2D eigenvalue weighted by Gasteiger charge is 2.11. The normalized spacial score (nSPS) is 12.7. The molecule has 0 radical (unpaired) electrons. The van der Waals surface area contributed by atoms with Gasteiger partial charge in [-0.1, -0.05) is 30.3 Å². The summed E-state index contributed by atoms with van der Waals surface area (Å²) in [5.74, 6) is 0.460. The average Bonchev–Trinajstić information content (AvgIpc) is 3.22. The highest BCUT2D eigenvalue weighted by Crippen LogP contribution is 2.17. The first-order chi connectivity index (χ1) is 13.1. The van der Waals surface area contributed by atoms with Crippen molar-refractivity contribution in [1.29, 1.82) is 0 Å². The molecule has 140 valence electrons. The number of rotatable bonds is 5. The Hall–Kier alpha value is -3.15. The molecule has 0 saturated carbocycles. The zero-order valence-corrected chi connectivity index (χ0v) is 15.8. The van der Waals surface area contributed by atoms with E-state index in [0.717, 1.165) is 16.8 Å². The molecule has 2 aromatic carbocycles. The lowest BCUT2D eigenvalue weighted by Gasteiger charge is -2.19. The zero-order valence-electron chi connectivity index (χ0n) is 15.8. The molecule has 0 saturated heterocycles. The molecule has 0 amide bonds. The van der Waals surface area contributed by atoms with Gasteiger partial charge in [-0.3, -0.25) is 4.99 Å². The molecule has 3 aromatic rings. The van der Waals surface area contributed by atoms with Gasteiger partial charge in [0.25, 0.3) is 0 Å². The van der Waals surface area contributed by atoms with E-state index in [9.17, 15) is 4.39 Å². The van der Waals surface area contributed by atoms with Crippen LogP contribution in [-0.4, -0.2) is 22.6 Å². The lowest BCUT2D eigenvalue weighted by atomic mass is 10.1. The molecule has 6 heteroatoms. The van der Waals surface area contributed by atoms with Gasteiger partial charge in [0.05, 0.1) is 18.1 Å². The van der Waals surface area contributed by atoms with Crippen LogP contribution in [0.25, 0.3) is 5.69 Å². The predicted octanol–water partition coefficient (Wildman–Crippen LogP) is 3.75.